The second-order valence-electron chi connectivity index (χ2n) is 6.45. The van der Waals surface area contributed by atoms with E-state index in [2.05, 4.69) is 4.72 Å². The van der Waals surface area contributed by atoms with E-state index in [1.165, 1.54) is 12.1 Å². The second kappa shape index (κ2) is 8.99. The highest BCUT2D eigenvalue weighted by Crippen LogP contribution is 2.21. The average Bonchev–Trinajstić information content (AvgIpc) is 2.69. The minimum absolute atomic E-state index is 0.0371. The molecule has 0 bridgehead atoms. The van der Waals surface area contributed by atoms with E-state index < -0.39 is 15.8 Å². The molecule has 3 rings (SSSR count). The zero-order valence-corrected chi connectivity index (χ0v) is 16.4. The zero-order chi connectivity index (χ0) is 20.0. The Morgan fingerprint density at radius 2 is 1.68 bits per heavy atom. The molecule has 0 saturated heterocycles. The summed E-state index contributed by atoms with van der Waals surface area (Å²) in [6.07, 6.45) is 0.719. The number of rotatable bonds is 8. The fourth-order valence-corrected chi connectivity index (χ4v) is 4.01. The van der Waals surface area contributed by atoms with Gasteiger partial charge in [-0.25, -0.2) is 17.5 Å². The van der Waals surface area contributed by atoms with Crippen molar-refractivity contribution in [2.75, 3.05) is 13.2 Å². The van der Waals surface area contributed by atoms with E-state index in [0.29, 0.717) is 11.3 Å². The third-order valence-corrected chi connectivity index (χ3v) is 5.71. The lowest BCUT2D eigenvalue weighted by molar-refractivity contribution is 0.320. The summed E-state index contributed by atoms with van der Waals surface area (Å²) >= 11 is 0. The molecule has 4 nitrogen and oxygen atoms in total. The maximum atomic E-state index is 13.8. The lowest BCUT2D eigenvalue weighted by atomic mass is 10.0. The Bertz CT molecular complexity index is 1040. The van der Waals surface area contributed by atoms with Crippen molar-refractivity contribution in [2.24, 2.45) is 0 Å². The van der Waals surface area contributed by atoms with E-state index in [9.17, 15) is 12.8 Å². The number of para-hydroxylation sites is 1. The lowest BCUT2D eigenvalue weighted by Gasteiger charge is -2.13. The highest BCUT2D eigenvalue weighted by molar-refractivity contribution is 7.89. The molecule has 0 aliphatic heterocycles. The number of nitrogens with one attached hydrogen (secondary N) is 1. The van der Waals surface area contributed by atoms with E-state index >= 15 is 0 Å². The van der Waals surface area contributed by atoms with Crippen LogP contribution in [0.5, 0.6) is 5.75 Å². The standard InChI is InChI=1S/C22H22FNO3S/c1-17-11-12-20(23)22(15-17)28(25,26)24-13-14-27-21-10-6-5-9-19(21)16-18-7-3-2-4-8-18/h2-12,15,24H,13-14,16H2,1H3. The Morgan fingerprint density at radius 1 is 0.964 bits per heavy atom. The summed E-state index contributed by atoms with van der Waals surface area (Å²) in [7, 11) is -3.93. The molecular formula is C22H22FNO3S. The van der Waals surface area contributed by atoms with Gasteiger partial charge in [0.05, 0.1) is 0 Å². The topological polar surface area (TPSA) is 55.4 Å². The van der Waals surface area contributed by atoms with Crippen LogP contribution >= 0.6 is 0 Å². The number of hydrogen-bond acceptors (Lipinski definition) is 3. The van der Waals surface area contributed by atoms with Crippen LogP contribution in [0.4, 0.5) is 4.39 Å². The molecule has 0 heterocycles. The van der Waals surface area contributed by atoms with Gasteiger partial charge in [0.2, 0.25) is 10.0 Å². The van der Waals surface area contributed by atoms with Crippen LogP contribution in [0, 0.1) is 12.7 Å². The molecule has 0 aliphatic carbocycles. The Morgan fingerprint density at radius 3 is 2.46 bits per heavy atom. The summed E-state index contributed by atoms with van der Waals surface area (Å²) in [4.78, 5) is -0.350. The number of benzene rings is 3. The van der Waals surface area contributed by atoms with Crippen LogP contribution < -0.4 is 9.46 Å². The van der Waals surface area contributed by atoms with Crippen LogP contribution in [-0.4, -0.2) is 21.6 Å². The van der Waals surface area contributed by atoms with Crippen molar-refractivity contribution >= 4 is 10.0 Å². The quantitative estimate of drug-likeness (QED) is 0.581. The van der Waals surface area contributed by atoms with Gasteiger partial charge in [-0.3, -0.25) is 0 Å². The first-order chi connectivity index (χ1) is 13.5. The summed E-state index contributed by atoms with van der Waals surface area (Å²) in [6.45, 7) is 1.89. The van der Waals surface area contributed by atoms with E-state index in [1.54, 1.807) is 6.92 Å². The number of ether oxygens (including phenoxy) is 1. The predicted octanol–water partition coefficient (Wildman–Crippen LogP) is 4.08. The van der Waals surface area contributed by atoms with Crippen molar-refractivity contribution in [3.8, 4) is 5.75 Å². The molecule has 0 spiro atoms. The van der Waals surface area contributed by atoms with Gasteiger partial charge in [0.25, 0.3) is 0 Å². The minimum atomic E-state index is -3.93. The van der Waals surface area contributed by atoms with Crippen molar-refractivity contribution in [2.45, 2.75) is 18.2 Å². The first-order valence-electron chi connectivity index (χ1n) is 8.96. The number of sulfonamides is 1. The van der Waals surface area contributed by atoms with E-state index in [-0.39, 0.29) is 18.0 Å². The molecule has 0 radical (unpaired) electrons. The van der Waals surface area contributed by atoms with Crippen LogP contribution in [0.1, 0.15) is 16.7 Å². The molecular weight excluding hydrogens is 377 g/mol. The van der Waals surface area contributed by atoms with Gasteiger partial charge in [-0.15, -0.1) is 0 Å². The van der Waals surface area contributed by atoms with Gasteiger partial charge < -0.3 is 4.74 Å². The van der Waals surface area contributed by atoms with Crippen LogP contribution in [0.25, 0.3) is 0 Å². The third kappa shape index (κ3) is 5.18. The molecule has 0 unspecified atom stereocenters. The maximum Gasteiger partial charge on any atom is 0.243 e. The molecule has 0 amide bonds. The van der Waals surface area contributed by atoms with Crippen LogP contribution in [0.2, 0.25) is 0 Å². The number of hydrogen-bond donors (Lipinski definition) is 1. The summed E-state index contributed by atoms with van der Waals surface area (Å²) < 4.78 is 46.6. The van der Waals surface area contributed by atoms with Gasteiger partial charge in [0, 0.05) is 13.0 Å². The fourth-order valence-electron chi connectivity index (χ4n) is 2.84. The van der Waals surface area contributed by atoms with Gasteiger partial charge in [0.1, 0.15) is 23.1 Å². The normalized spacial score (nSPS) is 11.4. The number of halogens is 1. The molecule has 6 heteroatoms. The smallest absolute Gasteiger partial charge is 0.243 e. The minimum Gasteiger partial charge on any atom is -0.492 e. The van der Waals surface area contributed by atoms with E-state index in [0.717, 1.165) is 23.6 Å². The summed E-state index contributed by atoms with van der Waals surface area (Å²) in [5.74, 6) is -0.0699. The maximum absolute atomic E-state index is 13.8. The summed E-state index contributed by atoms with van der Waals surface area (Å²) in [5, 5.41) is 0. The first kappa shape index (κ1) is 20.0. The van der Waals surface area contributed by atoms with Gasteiger partial charge in [0.15, 0.2) is 0 Å². The van der Waals surface area contributed by atoms with E-state index in [4.69, 9.17) is 4.74 Å². The lowest BCUT2D eigenvalue weighted by Crippen LogP contribution is -2.29. The molecule has 28 heavy (non-hydrogen) atoms. The highest BCUT2D eigenvalue weighted by atomic mass is 32.2. The van der Waals surface area contributed by atoms with Crippen molar-refractivity contribution in [3.05, 3.63) is 95.3 Å². The van der Waals surface area contributed by atoms with Gasteiger partial charge in [-0.1, -0.05) is 54.6 Å². The molecule has 3 aromatic rings. The molecule has 3 aromatic carbocycles. The zero-order valence-electron chi connectivity index (χ0n) is 15.6. The summed E-state index contributed by atoms with van der Waals surface area (Å²) in [5.41, 5.74) is 2.85. The van der Waals surface area contributed by atoms with Gasteiger partial charge in [-0.2, -0.15) is 0 Å². The SMILES string of the molecule is Cc1ccc(F)c(S(=O)(=O)NCCOc2ccccc2Cc2ccccc2)c1. The van der Waals surface area contributed by atoms with Crippen LogP contribution in [0.3, 0.4) is 0 Å². The summed E-state index contributed by atoms with van der Waals surface area (Å²) in [6, 6.07) is 21.7. The number of aryl methyl sites for hydroxylation is 1. The predicted molar refractivity (Wildman–Crippen MR) is 108 cm³/mol. The largest absolute Gasteiger partial charge is 0.492 e. The Kier molecular flexibility index (Phi) is 6.44. The van der Waals surface area contributed by atoms with Gasteiger partial charge in [-0.05, 0) is 41.8 Å². The Labute approximate surface area is 165 Å². The molecule has 146 valence electrons. The molecule has 0 atom stereocenters. The monoisotopic (exact) mass is 399 g/mol. The fraction of sp³-hybridized carbons (Fsp3) is 0.182. The average molecular weight is 399 g/mol. The molecule has 1 N–H and O–H groups in total. The molecule has 0 aromatic heterocycles. The van der Waals surface area contributed by atoms with Gasteiger partial charge >= 0.3 is 0 Å². The van der Waals surface area contributed by atoms with Crippen molar-refractivity contribution in [1.29, 1.82) is 0 Å². The van der Waals surface area contributed by atoms with E-state index in [1.807, 2.05) is 54.6 Å². The van der Waals surface area contributed by atoms with Crippen LogP contribution in [0.15, 0.2) is 77.7 Å². The highest BCUT2D eigenvalue weighted by Gasteiger charge is 2.18. The first-order valence-corrected chi connectivity index (χ1v) is 10.4. The van der Waals surface area contributed by atoms with Crippen molar-refractivity contribution < 1.29 is 17.5 Å². The van der Waals surface area contributed by atoms with Crippen molar-refractivity contribution in [3.63, 3.8) is 0 Å². The third-order valence-electron chi connectivity index (χ3n) is 4.24. The molecule has 0 saturated carbocycles. The van der Waals surface area contributed by atoms with Crippen LogP contribution in [-0.2, 0) is 16.4 Å². The molecule has 0 fully saturated rings. The Balaban J connectivity index is 1.60. The van der Waals surface area contributed by atoms with Crippen molar-refractivity contribution in [1.82, 2.24) is 4.72 Å². The molecule has 0 aliphatic rings. The second-order valence-corrected chi connectivity index (χ2v) is 8.19. The Hall–Kier alpha value is -2.70.